The summed E-state index contributed by atoms with van der Waals surface area (Å²) in [6.07, 6.45) is 1.51. The van der Waals surface area contributed by atoms with Gasteiger partial charge >= 0.3 is 0 Å². The summed E-state index contributed by atoms with van der Waals surface area (Å²) < 4.78 is 0. The number of carbonyl (C=O) groups is 1. The van der Waals surface area contributed by atoms with E-state index in [9.17, 15) is 4.79 Å². The summed E-state index contributed by atoms with van der Waals surface area (Å²) in [5, 5.41) is 2.96. The molecule has 0 aliphatic carbocycles. The molecule has 1 N–H and O–H groups in total. The zero-order valence-corrected chi connectivity index (χ0v) is 9.77. The van der Waals surface area contributed by atoms with E-state index in [4.69, 9.17) is 0 Å². The van der Waals surface area contributed by atoms with Gasteiger partial charge < -0.3 is 5.32 Å². The molecule has 0 saturated carbocycles. The Morgan fingerprint density at radius 1 is 1.18 bits per heavy atom. The summed E-state index contributed by atoms with van der Waals surface area (Å²) in [5.41, 5.74) is 2.50. The van der Waals surface area contributed by atoms with Crippen LogP contribution in [0.4, 0.5) is 5.82 Å². The van der Waals surface area contributed by atoms with Crippen molar-refractivity contribution in [1.29, 1.82) is 0 Å². The molecule has 0 unspecified atom stereocenters. The average Bonchev–Trinajstić information content (AvgIpc) is 2.39. The topological polar surface area (TPSA) is 54.9 Å². The fourth-order valence-electron chi connectivity index (χ4n) is 1.53. The van der Waals surface area contributed by atoms with E-state index < -0.39 is 0 Å². The van der Waals surface area contributed by atoms with Crippen molar-refractivity contribution in [3.8, 4) is 11.3 Å². The zero-order valence-electron chi connectivity index (χ0n) is 9.77. The van der Waals surface area contributed by atoms with E-state index >= 15 is 0 Å². The highest BCUT2D eigenvalue weighted by molar-refractivity contribution is 5.94. The average molecular weight is 227 g/mol. The van der Waals surface area contributed by atoms with Crippen LogP contribution in [0.15, 0.2) is 36.7 Å². The van der Waals surface area contributed by atoms with Gasteiger partial charge in [-0.25, -0.2) is 9.97 Å². The van der Waals surface area contributed by atoms with Gasteiger partial charge in [0.15, 0.2) is 5.78 Å². The number of nitrogens with one attached hydrogen (secondary N) is 1. The Bertz CT molecular complexity index is 535. The molecule has 0 aliphatic rings. The fourth-order valence-corrected chi connectivity index (χ4v) is 1.53. The first-order chi connectivity index (χ1) is 8.20. The van der Waals surface area contributed by atoms with Gasteiger partial charge in [-0.3, -0.25) is 4.79 Å². The van der Waals surface area contributed by atoms with Crippen LogP contribution in [0.3, 0.4) is 0 Å². The van der Waals surface area contributed by atoms with Gasteiger partial charge in [-0.05, 0) is 6.92 Å². The van der Waals surface area contributed by atoms with Crippen LogP contribution in [0, 0.1) is 0 Å². The summed E-state index contributed by atoms with van der Waals surface area (Å²) in [6.45, 7) is 1.55. The van der Waals surface area contributed by atoms with Crippen LogP contribution in [0.2, 0.25) is 0 Å². The second kappa shape index (κ2) is 4.74. The molecular formula is C13H13N3O. The maximum Gasteiger partial charge on any atom is 0.159 e. The molecule has 1 aromatic carbocycles. The number of carbonyl (C=O) groups excluding carboxylic acids is 1. The fraction of sp³-hybridized carbons (Fsp3) is 0.154. The Hall–Kier alpha value is -2.23. The smallest absolute Gasteiger partial charge is 0.159 e. The standard InChI is InChI=1S/C13H13N3O/c1-9(17)10-3-5-11(6-4-10)12-7-13(14-2)16-8-15-12/h3-8H,1-2H3,(H,14,15,16). The van der Waals surface area contributed by atoms with Crippen molar-refractivity contribution in [2.75, 3.05) is 12.4 Å². The molecule has 0 fully saturated rings. The second-order valence-corrected chi connectivity index (χ2v) is 3.67. The molecule has 1 heterocycles. The number of Topliss-reactive ketones (excluding diaryl/α,β-unsaturated/α-hetero) is 1. The number of ketones is 1. The molecule has 86 valence electrons. The van der Waals surface area contributed by atoms with Crippen LogP contribution in [-0.2, 0) is 0 Å². The van der Waals surface area contributed by atoms with E-state index in [-0.39, 0.29) is 5.78 Å². The summed E-state index contributed by atoms with van der Waals surface area (Å²) in [5.74, 6) is 0.834. The van der Waals surface area contributed by atoms with Gasteiger partial charge in [0.25, 0.3) is 0 Å². The number of nitrogens with zero attached hydrogens (tertiary/aromatic N) is 2. The van der Waals surface area contributed by atoms with Crippen molar-refractivity contribution in [3.05, 3.63) is 42.2 Å². The van der Waals surface area contributed by atoms with Crippen LogP contribution in [0.25, 0.3) is 11.3 Å². The second-order valence-electron chi connectivity index (χ2n) is 3.67. The maximum atomic E-state index is 11.2. The van der Waals surface area contributed by atoms with Gasteiger partial charge in [-0.2, -0.15) is 0 Å². The minimum atomic E-state index is 0.0650. The molecule has 0 amide bonds. The molecule has 2 rings (SSSR count). The maximum absolute atomic E-state index is 11.2. The molecule has 0 bridgehead atoms. The SMILES string of the molecule is CNc1cc(-c2ccc(C(C)=O)cc2)ncn1. The Morgan fingerprint density at radius 2 is 1.88 bits per heavy atom. The van der Waals surface area contributed by atoms with E-state index in [1.807, 2.05) is 25.2 Å². The van der Waals surface area contributed by atoms with Crippen LogP contribution >= 0.6 is 0 Å². The van der Waals surface area contributed by atoms with Gasteiger partial charge in [-0.15, -0.1) is 0 Å². The predicted molar refractivity (Wildman–Crippen MR) is 67.0 cm³/mol. The Kier molecular flexibility index (Phi) is 3.14. The van der Waals surface area contributed by atoms with Crippen molar-refractivity contribution in [2.45, 2.75) is 6.92 Å². The summed E-state index contributed by atoms with van der Waals surface area (Å²) in [6, 6.07) is 9.25. The molecule has 0 spiro atoms. The van der Waals surface area contributed by atoms with E-state index in [0.717, 1.165) is 17.1 Å². The van der Waals surface area contributed by atoms with Crippen LogP contribution in [0.5, 0.6) is 0 Å². The number of aromatic nitrogens is 2. The first-order valence-corrected chi connectivity index (χ1v) is 5.32. The first kappa shape index (κ1) is 11.3. The summed E-state index contributed by atoms with van der Waals surface area (Å²) in [4.78, 5) is 19.4. The highest BCUT2D eigenvalue weighted by Gasteiger charge is 2.03. The normalized spacial score (nSPS) is 10.0. The van der Waals surface area contributed by atoms with E-state index in [2.05, 4.69) is 15.3 Å². The minimum absolute atomic E-state index is 0.0650. The largest absolute Gasteiger partial charge is 0.373 e. The number of hydrogen-bond donors (Lipinski definition) is 1. The number of hydrogen-bond acceptors (Lipinski definition) is 4. The zero-order chi connectivity index (χ0) is 12.3. The molecule has 4 nitrogen and oxygen atoms in total. The van der Waals surface area contributed by atoms with Crippen molar-refractivity contribution in [2.24, 2.45) is 0 Å². The van der Waals surface area contributed by atoms with E-state index in [1.54, 1.807) is 19.1 Å². The quantitative estimate of drug-likeness (QED) is 0.818. The molecule has 0 atom stereocenters. The molecule has 0 aliphatic heterocycles. The summed E-state index contributed by atoms with van der Waals surface area (Å²) in [7, 11) is 1.81. The monoisotopic (exact) mass is 227 g/mol. The summed E-state index contributed by atoms with van der Waals surface area (Å²) >= 11 is 0. The number of rotatable bonds is 3. The van der Waals surface area contributed by atoms with Gasteiger partial charge in [0.1, 0.15) is 12.1 Å². The van der Waals surface area contributed by atoms with Crippen LogP contribution in [0.1, 0.15) is 17.3 Å². The lowest BCUT2D eigenvalue weighted by atomic mass is 10.1. The van der Waals surface area contributed by atoms with Crippen molar-refractivity contribution in [1.82, 2.24) is 9.97 Å². The van der Waals surface area contributed by atoms with E-state index in [0.29, 0.717) is 5.56 Å². The lowest BCUT2D eigenvalue weighted by Crippen LogP contribution is -1.95. The predicted octanol–water partition coefficient (Wildman–Crippen LogP) is 2.39. The van der Waals surface area contributed by atoms with Gasteiger partial charge in [-0.1, -0.05) is 24.3 Å². The van der Waals surface area contributed by atoms with Gasteiger partial charge in [0.05, 0.1) is 5.69 Å². The third-order valence-corrected chi connectivity index (χ3v) is 2.51. The Labute approximate surface area is 99.7 Å². The Morgan fingerprint density at radius 3 is 2.47 bits per heavy atom. The third kappa shape index (κ3) is 2.47. The van der Waals surface area contributed by atoms with Crippen molar-refractivity contribution in [3.63, 3.8) is 0 Å². The van der Waals surface area contributed by atoms with Crippen molar-refractivity contribution >= 4 is 11.6 Å². The van der Waals surface area contributed by atoms with Gasteiger partial charge in [0, 0.05) is 24.2 Å². The Balaban J connectivity index is 2.36. The van der Waals surface area contributed by atoms with Crippen LogP contribution in [-0.4, -0.2) is 22.8 Å². The molecule has 2 aromatic rings. The number of benzene rings is 1. The first-order valence-electron chi connectivity index (χ1n) is 5.32. The van der Waals surface area contributed by atoms with Crippen LogP contribution < -0.4 is 5.32 Å². The molecule has 0 saturated heterocycles. The lowest BCUT2D eigenvalue weighted by Gasteiger charge is -2.03. The third-order valence-electron chi connectivity index (χ3n) is 2.51. The van der Waals surface area contributed by atoms with E-state index in [1.165, 1.54) is 6.33 Å². The lowest BCUT2D eigenvalue weighted by molar-refractivity contribution is 0.101. The molecule has 0 radical (unpaired) electrons. The van der Waals surface area contributed by atoms with Crippen molar-refractivity contribution < 1.29 is 4.79 Å². The van der Waals surface area contributed by atoms with Gasteiger partial charge in [0.2, 0.25) is 0 Å². The number of anilines is 1. The highest BCUT2D eigenvalue weighted by Crippen LogP contribution is 2.19. The molecule has 4 heteroatoms. The molecular weight excluding hydrogens is 214 g/mol. The molecule has 1 aromatic heterocycles. The highest BCUT2D eigenvalue weighted by atomic mass is 16.1. The molecule has 17 heavy (non-hydrogen) atoms. The minimum Gasteiger partial charge on any atom is -0.373 e.